The van der Waals surface area contributed by atoms with Gasteiger partial charge in [-0.05, 0) is 55.2 Å². The van der Waals surface area contributed by atoms with Crippen molar-refractivity contribution in [2.24, 2.45) is 0 Å². The minimum Gasteiger partial charge on any atom is -0.385 e. The molecule has 2 amide bonds. The number of benzene rings is 3. The second-order valence-electron chi connectivity index (χ2n) is 9.88. The van der Waals surface area contributed by atoms with Gasteiger partial charge in [-0.2, -0.15) is 0 Å². The molecule has 9 nitrogen and oxygen atoms in total. The largest absolute Gasteiger partial charge is 0.385 e. The summed E-state index contributed by atoms with van der Waals surface area (Å²) in [7, 11) is 1.55. The zero-order valence-electron chi connectivity index (χ0n) is 23.1. The standard InChI is InChI=1S/C31H33FN4O5/c1-22-8-11-24(18-29(22)36(39)40)31(38)35(15-5-17-41-2)21-30(37)34(20-23-9-12-26(32)13-10-23)16-14-25-19-33-28-7-4-3-6-27(25)28/h3-4,6-13,18-19,33H,5,14-17,20-21H2,1-2H3. The lowest BCUT2D eigenvalue weighted by atomic mass is 10.1. The Bertz CT molecular complexity index is 1520. The van der Waals surface area contributed by atoms with E-state index in [1.807, 2.05) is 30.5 Å². The summed E-state index contributed by atoms with van der Waals surface area (Å²) in [4.78, 5) is 44.5. The van der Waals surface area contributed by atoms with Crippen molar-refractivity contribution in [1.29, 1.82) is 0 Å². The van der Waals surface area contributed by atoms with E-state index in [1.165, 1.54) is 35.2 Å². The summed E-state index contributed by atoms with van der Waals surface area (Å²) in [6.07, 6.45) is 2.98. The third kappa shape index (κ3) is 7.55. The Morgan fingerprint density at radius 2 is 1.78 bits per heavy atom. The van der Waals surface area contributed by atoms with Crippen LogP contribution in [0.25, 0.3) is 10.9 Å². The Morgan fingerprint density at radius 1 is 1.02 bits per heavy atom. The fraction of sp³-hybridized carbons (Fsp3) is 0.290. The summed E-state index contributed by atoms with van der Waals surface area (Å²) in [5, 5.41) is 12.5. The number of fused-ring (bicyclic) bond motifs is 1. The molecule has 41 heavy (non-hydrogen) atoms. The average Bonchev–Trinajstić information content (AvgIpc) is 3.38. The molecule has 4 rings (SSSR count). The van der Waals surface area contributed by atoms with Crippen LogP contribution in [0.2, 0.25) is 0 Å². The van der Waals surface area contributed by atoms with Gasteiger partial charge in [0.15, 0.2) is 0 Å². The van der Waals surface area contributed by atoms with E-state index in [9.17, 15) is 24.1 Å². The van der Waals surface area contributed by atoms with Gasteiger partial charge >= 0.3 is 0 Å². The number of aromatic amines is 1. The first-order chi connectivity index (χ1) is 19.8. The molecule has 0 spiro atoms. The fourth-order valence-electron chi connectivity index (χ4n) is 4.73. The number of ether oxygens (including phenoxy) is 1. The Balaban J connectivity index is 1.57. The zero-order chi connectivity index (χ0) is 29.4. The molecule has 214 valence electrons. The van der Waals surface area contributed by atoms with Crippen LogP contribution in [0, 0.1) is 22.9 Å². The molecule has 3 aromatic carbocycles. The van der Waals surface area contributed by atoms with Crippen molar-refractivity contribution in [1.82, 2.24) is 14.8 Å². The molecule has 0 fully saturated rings. The van der Waals surface area contributed by atoms with E-state index in [2.05, 4.69) is 4.98 Å². The van der Waals surface area contributed by atoms with Gasteiger partial charge in [0.1, 0.15) is 12.4 Å². The predicted octanol–water partition coefficient (Wildman–Crippen LogP) is 5.27. The van der Waals surface area contributed by atoms with Crippen molar-refractivity contribution in [2.45, 2.75) is 26.3 Å². The monoisotopic (exact) mass is 560 g/mol. The zero-order valence-corrected chi connectivity index (χ0v) is 23.1. The van der Waals surface area contributed by atoms with Crippen LogP contribution in [0.15, 0.2) is 72.9 Å². The number of H-pyrrole nitrogens is 1. The highest BCUT2D eigenvalue weighted by Crippen LogP contribution is 2.22. The van der Waals surface area contributed by atoms with Gasteiger partial charge in [0.05, 0.1) is 4.92 Å². The molecule has 0 aliphatic carbocycles. The predicted molar refractivity (Wildman–Crippen MR) is 154 cm³/mol. The molecule has 1 N–H and O–H groups in total. The topological polar surface area (TPSA) is 109 Å². The van der Waals surface area contributed by atoms with Gasteiger partial charge in [0.2, 0.25) is 5.91 Å². The summed E-state index contributed by atoms with van der Waals surface area (Å²) in [5.41, 5.74) is 3.23. The van der Waals surface area contributed by atoms with Crippen molar-refractivity contribution in [3.8, 4) is 0 Å². The van der Waals surface area contributed by atoms with Crippen molar-refractivity contribution in [2.75, 3.05) is 33.4 Å². The van der Waals surface area contributed by atoms with Gasteiger partial charge in [-0.3, -0.25) is 19.7 Å². The highest BCUT2D eigenvalue weighted by Gasteiger charge is 2.24. The number of para-hydroxylation sites is 1. The van der Waals surface area contributed by atoms with E-state index in [0.717, 1.165) is 22.0 Å². The van der Waals surface area contributed by atoms with Crippen LogP contribution in [-0.2, 0) is 22.5 Å². The molecule has 0 atom stereocenters. The minimum atomic E-state index is -0.526. The Hall–Kier alpha value is -4.57. The lowest BCUT2D eigenvalue weighted by molar-refractivity contribution is -0.385. The van der Waals surface area contributed by atoms with E-state index >= 15 is 0 Å². The molecule has 0 aliphatic heterocycles. The van der Waals surface area contributed by atoms with Crippen molar-refractivity contribution < 1.29 is 23.6 Å². The number of aromatic nitrogens is 1. The lowest BCUT2D eigenvalue weighted by Gasteiger charge is -2.28. The second kappa shape index (κ2) is 13.7. The number of nitrogens with one attached hydrogen (secondary N) is 1. The normalized spacial score (nSPS) is 11.0. The van der Waals surface area contributed by atoms with Crippen LogP contribution in [0.1, 0.15) is 33.5 Å². The molecule has 1 aromatic heterocycles. The third-order valence-electron chi connectivity index (χ3n) is 7.01. The molecule has 0 aliphatic rings. The maximum Gasteiger partial charge on any atom is 0.273 e. The Kier molecular flexibility index (Phi) is 9.81. The second-order valence-corrected chi connectivity index (χ2v) is 9.88. The van der Waals surface area contributed by atoms with E-state index in [4.69, 9.17) is 4.74 Å². The Morgan fingerprint density at radius 3 is 2.51 bits per heavy atom. The molecular weight excluding hydrogens is 527 g/mol. The summed E-state index contributed by atoms with van der Waals surface area (Å²) >= 11 is 0. The number of amides is 2. The number of rotatable bonds is 13. The number of nitrogens with zero attached hydrogens (tertiary/aromatic N) is 3. The molecular formula is C31H33FN4O5. The quantitative estimate of drug-likeness (QED) is 0.136. The molecule has 0 unspecified atom stereocenters. The third-order valence-corrected chi connectivity index (χ3v) is 7.01. The minimum absolute atomic E-state index is 0.136. The smallest absolute Gasteiger partial charge is 0.273 e. The van der Waals surface area contributed by atoms with Crippen molar-refractivity contribution >= 4 is 28.4 Å². The Labute approximate surface area is 237 Å². The fourth-order valence-corrected chi connectivity index (χ4v) is 4.73. The van der Waals surface area contributed by atoms with Crippen LogP contribution >= 0.6 is 0 Å². The van der Waals surface area contributed by atoms with Crippen LogP contribution in [0.3, 0.4) is 0 Å². The van der Waals surface area contributed by atoms with Crippen LogP contribution in [-0.4, -0.2) is 64.9 Å². The van der Waals surface area contributed by atoms with Crippen molar-refractivity contribution in [3.05, 3.63) is 111 Å². The van der Waals surface area contributed by atoms with Gasteiger partial charge in [-0.25, -0.2) is 4.39 Å². The molecule has 10 heteroatoms. The summed E-state index contributed by atoms with van der Waals surface area (Å²) in [6.45, 7) is 2.59. The van der Waals surface area contributed by atoms with Gasteiger partial charge in [0, 0.05) is 67.6 Å². The van der Waals surface area contributed by atoms with Crippen LogP contribution in [0.5, 0.6) is 0 Å². The van der Waals surface area contributed by atoms with E-state index < -0.39 is 10.8 Å². The van der Waals surface area contributed by atoms with E-state index in [0.29, 0.717) is 31.6 Å². The number of nitro groups is 1. The van der Waals surface area contributed by atoms with Crippen LogP contribution < -0.4 is 0 Å². The summed E-state index contributed by atoms with van der Waals surface area (Å²) in [5.74, 6) is -1.13. The van der Waals surface area contributed by atoms with Gasteiger partial charge in [0.25, 0.3) is 11.6 Å². The average molecular weight is 561 g/mol. The van der Waals surface area contributed by atoms with Crippen LogP contribution in [0.4, 0.5) is 10.1 Å². The maximum atomic E-state index is 13.8. The maximum absolute atomic E-state index is 13.8. The molecule has 0 saturated heterocycles. The molecule has 1 heterocycles. The van der Waals surface area contributed by atoms with E-state index in [-0.39, 0.29) is 42.6 Å². The number of nitro benzene ring substituents is 1. The highest BCUT2D eigenvalue weighted by atomic mass is 19.1. The molecule has 4 aromatic rings. The number of aryl methyl sites for hydroxylation is 1. The SMILES string of the molecule is COCCCN(CC(=O)N(CCc1c[nH]c2ccccc12)Cc1ccc(F)cc1)C(=O)c1ccc(C)c([N+](=O)[O-])c1. The molecule has 0 bridgehead atoms. The summed E-state index contributed by atoms with van der Waals surface area (Å²) in [6, 6.07) is 18.2. The van der Waals surface area contributed by atoms with E-state index in [1.54, 1.807) is 31.1 Å². The molecule has 0 saturated carbocycles. The number of methoxy groups -OCH3 is 1. The first-order valence-corrected chi connectivity index (χ1v) is 13.4. The van der Waals surface area contributed by atoms with Gasteiger partial charge in [-0.1, -0.05) is 36.4 Å². The van der Waals surface area contributed by atoms with Gasteiger partial charge in [-0.15, -0.1) is 0 Å². The summed E-state index contributed by atoms with van der Waals surface area (Å²) < 4.78 is 18.7. The number of hydrogen-bond donors (Lipinski definition) is 1. The lowest BCUT2D eigenvalue weighted by Crippen LogP contribution is -2.44. The number of carbonyl (C=O) groups excluding carboxylic acids is 2. The highest BCUT2D eigenvalue weighted by molar-refractivity contribution is 5.97. The number of hydrogen-bond acceptors (Lipinski definition) is 5. The first-order valence-electron chi connectivity index (χ1n) is 13.4. The molecule has 0 radical (unpaired) electrons. The first kappa shape index (κ1) is 29.4. The van der Waals surface area contributed by atoms with Gasteiger partial charge < -0.3 is 19.5 Å². The number of halogens is 1. The van der Waals surface area contributed by atoms with Crippen molar-refractivity contribution in [3.63, 3.8) is 0 Å². The number of carbonyl (C=O) groups is 2.